The van der Waals surface area contributed by atoms with Crippen molar-refractivity contribution in [2.45, 2.75) is 23.6 Å². The van der Waals surface area contributed by atoms with Crippen molar-refractivity contribution in [1.29, 1.82) is 0 Å². The van der Waals surface area contributed by atoms with Gasteiger partial charge in [-0.1, -0.05) is 26.0 Å². The first-order valence-electron chi connectivity index (χ1n) is 7.91. The van der Waals surface area contributed by atoms with E-state index in [1.807, 2.05) is 0 Å². The van der Waals surface area contributed by atoms with Gasteiger partial charge < -0.3 is 4.18 Å². The van der Waals surface area contributed by atoms with E-state index < -0.39 is 36.5 Å². The Hall–Kier alpha value is -2.50. The topological polar surface area (TPSA) is 124 Å². The summed E-state index contributed by atoms with van der Waals surface area (Å²) in [5, 5.41) is 11.0. The van der Waals surface area contributed by atoms with Crippen LogP contribution in [0, 0.1) is 10.1 Å². The maximum Gasteiger partial charge on any atom is 0.339 e. The van der Waals surface area contributed by atoms with Crippen LogP contribution in [-0.4, -0.2) is 39.2 Å². The minimum atomic E-state index is -4.38. The number of para-hydroxylation sites is 2. The summed E-state index contributed by atoms with van der Waals surface area (Å²) >= 11 is 0. The van der Waals surface area contributed by atoms with E-state index in [2.05, 4.69) is 0 Å². The van der Waals surface area contributed by atoms with Gasteiger partial charge in [0.15, 0.2) is 0 Å². The van der Waals surface area contributed by atoms with E-state index in [1.54, 1.807) is 13.8 Å². The van der Waals surface area contributed by atoms with Gasteiger partial charge >= 0.3 is 15.8 Å². The van der Waals surface area contributed by atoms with Crippen molar-refractivity contribution >= 4 is 25.8 Å². The maximum atomic E-state index is 12.4. The third-order valence-electron chi connectivity index (χ3n) is 3.72. The molecule has 0 aromatic heterocycles. The van der Waals surface area contributed by atoms with Crippen molar-refractivity contribution in [2.75, 3.05) is 13.1 Å². The molecule has 0 fully saturated rings. The highest BCUT2D eigenvalue weighted by Gasteiger charge is 2.25. The lowest BCUT2D eigenvalue weighted by Crippen LogP contribution is -2.30. The molecule has 146 valence electrons. The van der Waals surface area contributed by atoms with Gasteiger partial charge in [0.2, 0.25) is 15.8 Å². The summed E-state index contributed by atoms with van der Waals surface area (Å²) in [6, 6.07) is 9.54. The quantitative estimate of drug-likeness (QED) is 0.369. The first kappa shape index (κ1) is 20.8. The second kappa shape index (κ2) is 8.03. The van der Waals surface area contributed by atoms with Gasteiger partial charge in [-0.3, -0.25) is 10.1 Å². The molecular formula is C16H18N2O7S2. The van der Waals surface area contributed by atoms with E-state index >= 15 is 0 Å². The zero-order valence-electron chi connectivity index (χ0n) is 14.6. The number of rotatable bonds is 8. The van der Waals surface area contributed by atoms with Gasteiger partial charge in [0.1, 0.15) is 4.90 Å². The molecule has 0 atom stereocenters. The van der Waals surface area contributed by atoms with E-state index in [0.29, 0.717) is 0 Å². The standard InChI is InChI=1S/C16H18N2O7S2/c1-3-17(4-2)26(21,22)13-9-11-14(12-10-13)27(23,24)25-16-8-6-5-7-15(16)18(19)20/h5-12H,3-4H2,1-2H3. The minimum Gasteiger partial charge on any atom is -0.372 e. The molecule has 0 amide bonds. The molecule has 27 heavy (non-hydrogen) atoms. The molecule has 0 aliphatic heterocycles. The van der Waals surface area contributed by atoms with Gasteiger partial charge in [-0.05, 0) is 30.3 Å². The van der Waals surface area contributed by atoms with Crippen molar-refractivity contribution < 1.29 is 25.9 Å². The van der Waals surface area contributed by atoms with Crippen molar-refractivity contribution in [3.05, 3.63) is 58.6 Å². The number of nitro groups is 1. The van der Waals surface area contributed by atoms with Crippen LogP contribution in [0.5, 0.6) is 5.75 Å². The molecule has 0 heterocycles. The lowest BCUT2D eigenvalue weighted by atomic mass is 10.3. The van der Waals surface area contributed by atoms with Crippen molar-refractivity contribution in [3.63, 3.8) is 0 Å². The Morgan fingerprint density at radius 3 is 1.96 bits per heavy atom. The van der Waals surface area contributed by atoms with Crippen LogP contribution in [0.2, 0.25) is 0 Å². The van der Waals surface area contributed by atoms with E-state index in [0.717, 1.165) is 36.4 Å². The fourth-order valence-corrected chi connectivity index (χ4v) is 4.74. The molecule has 0 spiro atoms. The van der Waals surface area contributed by atoms with E-state index in [1.165, 1.54) is 16.4 Å². The number of benzene rings is 2. The van der Waals surface area contributed by atoms with Crippen LogP contribution in [0.3, 0.4) is 0 Å². The first-order chi connectivity index (χ1) is 12.6. The summed E-state index contributed by atoms with van der Waals surface area (Å²) < 4.78 is 55.7. The number of hydrogen-bond donors (Lipinski definition) is 0. The predicted octanol–water partition coefficient (Wildman–Crippen LogP) is 2.39. The molecule has 0 bridgehead atoms. The fraction of sp³-hybridized carbons (Fsp3) is 0.250. The molecule has 2 aromatic rings. The summed E-state index contributed by atoms with van der Waals surface area (Å²) in [6.45, 7) is 3.94. The summed E-state index contributed by atoms with van der Waals surface area (Å²) in [4.78, 5) is 9.84. The minimum absolute atomic E-state index is 0.0594. The largest absolute Gasteiger partial charge is 0.372 e. The molecule has 11 heteroatoms. The molecule has 2 aromatic carbocycles. The molecule has 0 N–H and O–H groups in total. The SMILES string of the molecule is CCN(CC)S(=O)(=O)c1ccc(S(=O)(=O)Oc2ccccc2[N+](=O)[O-])cc1. The Morgan fingerprint density at radius 2 is 1.44 bits per heavy atom. The van der Waals surface area contributed by atoms with Gasteiger partial charge in [0.05, 0.1) is 9.82 Å². The van der Waals surface area contributed by atoms with E-state index in [9.17, 15) is 26.9 Å². The Balaban J connectivity index is 2.35. The molecule has 0 aliphatic carbocycles. The monoisotopic (exact) mass is 414 g/mol. The van der Waals surface area contributed by atoms with Crippen LogP contribution in [0.15, 0.2) is 58.3 Å². The van der Waals surface area contributed by atoms with Gasteiger partial charge in [-0.15, -0.1) is 0 Å². The highest BCUT2D eigenvalue weighted by molar-refractivity contribution is 7.89. The van der Waals surface area contributed by atoms with Crippen LogP contribution < -0.4 is 4.18 Å². The number of nitro benzene ring substituents is 1. The molecule has 9 nitrogen and oxygen atoms in total. The second-order valence-electron chi connectivity index (χ2n) is 5.32. The molecule has 2 rings (SSSR count). The number of sulfonamides is 1. The molecule has 0 saturated carbocycles. The normalized spacial score (nSPS) is 12.1. The summed E-state index contributed by atoms with van der Waals surface area (Å²) in [5.74, 6) is -0.428. The van der Waals surface area contributed by atoms with Gasteiger partial charge in [-0.25, -0.2) is 8.42 Å². The van der Waals surface area contributed by atoms with Gasteiger partial charge in [0, 0.05) is 19.2 Å². The fourth-order valence-electron chi connectivity index (χ4n) is 2.34. The molecular weight excluding hydrogens is 396 g/mol. The third kappa shape index (κ3) is 4.43. The van der Waals surface area contributed by atoms with Gasteiger partial charge in [-0.2, -0.15) is 12.7 Å². The average molecular weight is 414 g/mol. The molecule has 0 aliphatic rings. The Labute approximate surface area is 157 Å². The van der Waals surface area contributed by atoms with Crippen LogP contribution in [0.4, 0.5) is 5.69 Å². The number of nitrogens with zero attached hydrogens (tertiary/aromatic N) is 2. The smallest absolute Gasteiger partial charge is 0.339 e. The molecule has 0 unspecified atom stereocenters. The molecule has 0 saturated heterocycles. The van der Waals surface area contributed by atoms with Crippen LogP contribution >= 0.6 is 0 Å². The van der Waals surface area contributed by atoms with E-state index in [-0.39, 0.29) is 22.9 Å². The van der Waals surface area contributed by atoms with Crippen LogP contribution in [0.1, 0.15) is 13.8 Å². The highest BCUT2D eigenvalue weighted by Crippen LogP contribution is 2.29. The van der Waals surface area contributed by atoms with E-state index in [4.69, 9.17) is 4.18 Å². The Morgan fingerprint density at radius 1 is 0.926 bits per heavy atom. The zero-order chi connectivity index (χ0) is 20.2. The summed E-state index contributed by atoms with van der Waals surface area (Å²) in [5.41, 5.74) is -0.498. The lowest BCUT2D eigenvalue weighted by molar-refractivity contribution is -0.385. The van der Waals surface area contributed by atoms with Crippen molar-refractivity contribution in [3.8, 4) is 5.75 Å². The summed E-state index contributed by atoms with van der Waals surface area (Å²) in [7, 11) is -8.11. The highest BCUT2D eigenvalue weighted by atomic mass is 32.2. The van der Waals surface area contributed by atoms with Gasteiger partial charge in [0.25, 0.3) is 0 Å². The Kier molecular flexibility index (Phi) is 6.19. The number of hydrogen-bond acceptors (Lipinski definition) is 7. The van der Waals surface area contributed by atoms with Crippen molar-refractivity contribution in [2.24, 2.45) is 0 Å². The lowest BCUT2D eigenvalue weighted by Gasteiger charge is -2.18. The van der Waals surface area contributed by atoms with Crippen molar-refractivity contribution in [1.82, 2.24) is 4.31 Å². The third-order valence-corrected chi connectivity index (χ3v) is 7.03. The Bertz CT molecular complexity index is 1030. The predicted molar refractivity (Wildman–Crippen MR) is 97.5 cm³/mol. The zero-order valence-corrected chi connectivity index (χ0v) is 16.2. The summed E-state index contributed by atoms with van der Waals surface area (Å²) in [6.07, 6.45) is 0. The second-order valence-corrected chi connectivity index (χ2v) is 8.81. The molecule has 0 radical (unpaired) electrons. The first-order valence-corrected chi connectivity index (χ1v) is 10.8. The maximum absolute atomic E-state index is 12.4. The average Bonchev–Trinajstić information content (AvgIpc) is 2.62. The van der Waals surface area contributed by atoms with Crippen LogP contribution in [0.25, 0.3) is 0 Å². The van der Waals surface area contributed by atoms with Crippen LogP contribution in [-0.2, 0) is 20.1 Å².